The summed E-state index contributed by atoms with van der Waals surface area (Å²) in [6, 6.07) is 17.4. The van der Waals surface area contributed by atoms with Crippen molar-refractivity contribution in [3.05, 3.63) is 60.7 Å². The Balaban J connectivity index is 1.15. The van der Waals surface area contributed by atoms with E-state index in [2.05, 4.69) is 0 Å². The van der Waals surface area contributed by atoms with Crippen molar-refractivity contribution >= 4 is 38.3 Å². The topological polar surface area (TPSA) is 96.5 Å². The maximum absolute atomic E-state index is 13.3. The van der Waals surface area contributed by atoms with Gasteiger partial charge in [0.15, 0.2) is 11.5 Å². The van der Waals surface area contributed by atoms with Crippen LogP contribution in [0, 0.1) is 0 Å². The third kappa shape index (κ3) is 3.91. The van der Waals surface area contributed by atoms with Gasteiger partial charge in [0.05, 0.1) is 23.0 Å². The molecule has 0 aromatic heterocycles. The van der Waals surface area contributed by atoms with Gasteiger partial charge in [0.1, 0.15) is 13.2 Å². The standard InChI is InChI=1S/C26H25N3O6S/c30-25-17-22(26(31)29(25)20-6-5-18-3-1-2-4-19(18)15-20)27-9-11-28(12-10-27)36(32,33)21-7-8-23-24(16-21)35-14-13-34-23/h1-8,15-16,22H,9-14,17H2/t22-/m0/s1. The smallest absolute Gasteiger partial charge is 0.251 e. The maximum atomic E-state index is 13.3. The molecule has 0 aliphatic carbocycles. The minimum absolute atomic E-state index is 0.0839. The summed E-state index contributed by atoms with van der Waals surface area (Å²) in [6.07, 6.45) is 0.0839. The molecule has 0 saturated carbocycles. The van der Waals surface area contributed by atoms with E-state index in [-0.39, 0.29) is 36.2 Å². The predicted molar refractivity (Wildman–Crippen MR) is 133 cm³/mol. The number of amides is 2. The fourth-order valence-electron chi connectivity index (χ4n) is 5.08. The first-order valence-electron chi connectivity index (χ1n) is 11.9. The molecule has 0 radical (unpaired) electrons. The van der Waals surface area contributed by atoms with E-state index in [1.165, 1.54) is 21.3 Å². The molecular weight excluding hydrogens is 482 g/mol. The summed E-state index contributed by atoms with van der Waals surface area (Å²) in [5.41, 5.74) is 0.561. The Morgan fingerprint density at radius 1 is 0.778 bits per heavy atom. The highest BCUT2D eigenvalue weighted by Crippen LogP contribution is 2.34. The Morgan fingerprint density at radius 3 is 2.28 bits per heavy atom. The molecule has 1 atom stereocenters. The lowest BCUT2D eigenvalue weighted by molar-refractivity contribution is -0.123. The quantitative estimate of drug-likeness (QED) is 0.500. The summed E-state index contributed by atoms with van der Waals surface area (Å²) in [4.78, 5) is 29.5. The zero-order valence-corrected chi connectivity index (χ0v) is 20.3. The Bertz CT molecular complexity index is 1470. The van der Waals surface area contributed by atoms with Crippen LogP contribution in [0.4, 0.5) is 5.69 Å². The number of benzene rings is 3. The molecule has 2 saturated heterocycles. The van der Waals surface area contributed by atoms with Gasteiger partial charge in [-0.2, -0.15) is 4.31 Å². The average molecular weight is 508 g/mol. The van der Waals surface area contributed by atoms with Crippen LogP contribution in [0.1, 0.15) is 6.42 Å². The number of piperazine rings is 1. The molecule has 10 heteroatoms. The number of nitrogens with zero attached hydrogens (tertiary/aromatic N) is 3. The fraction of sp³-hybridized carbons (Fsp3) is 0.308. The number of hydrogen-bond donors (Lipinski definition) is 0. The van der Waals surface area contributed by atoms with Gasteiger partial charge in [-0.3, -0.25) is 14.5 Å². The summed E-state index contributed by atoms with van der Waals surface area (Å²) in [7, 11) is -3.73. The SMILES string of the molecule is O=C1C[C@H](N2CCN(S(=O)(=O)c3ccc4c(c3)OCCO4)CC2)C(=O)N1c1ccc2ccccc2c1. The van der Waals surface area contributed by atoms with Crippen LogP contribution in [0.3, 0.4) is 0 Å². The monoisotopic (exact) mass is 507 g/mol. The van der Waals surface area contributed by atoms with Gasteiger partial charge in [0.2, 0.25) is 15.9 Å². The second kappa shape index (κ2) is 8.88. The Labute approximate surface area is 208 Å². The molecule has 0 N–H and O–H groups in total. The first kappa shape index (κ1) is 23.0. The van der Waals surface area contributed by atoms with Crippen molar-refractivity contribution < 1.29 is 27.5 Å². The van der Waals surface area contributed by atoms with Gasteiger partial charge in [0, 0.05) is 32.2 Å². The molecule has 3 aliphatic heterocycles. The fourth-order valence-corrected chi connectivity index (χ4v) is 6.52. The normalized spacial score (nSPS) is 21.3. The van der Waals surface area contributed by atoms with E-state index in [0.29, 0.717) is 43.5 Å². The van der Waals surface area contributed by atoms with E-state index in [4.69, 9.17) is 9.47 Å². The van der Waals surface area contributed by atoms with Gasteiger partial charge >= 0.3 is 0 Å². The van der Waals surface area contributed by atoms with Crippen LogP contribution in [0.25, 0.3) is 10.8 Å². The minimum Gasteiger partial charge on any atom is -0.486 e. The highest BCUT2D eigenvalue weighted by Gasteiger charge is 2.44. The first-order valence-corrected chi connectivity index (χ1v) is 13.4. The molecule has 3 aromatic rings. The Kier molecular flexibility index (Phi) is 5.66. The zero-order valence-electron chi connectivity index (χ0n) is 19.5. The number of hydrogen-bond acceptors (Lipinski definition) is 7. The molecule has 3 aromatic carbocycles. The number of carbonyl (C=O) groups excluding carboxylic acids is 2. The molecule has 36 heavy (non-hydrogen) atoms. The summed E-state index contributed by atoms with van der Waals surface area (Å²) in [5.74, 6) is 0.445. The molecule has 2 amide bonds. The lowest BCUT2D eigenvalue weighted by Crippen LogP contribution is -2.53. The molecule has 9 nitrogen and oxygen atoms in total. The molecule has 0 spiro atoms. The van der Waals surface area contributed by atoms with Crippen molar-refractivity contribution in [2.45, 2.75) is 17.4 Å². The summed E-state index contributed by atoms with van der Waals surface area (Å²) in [6.45, 7) is 1.98. The van der Waals surface area contributed by atoms with Crippen molar-refractivity contribution in [1.29, 1.82) is 0 Å². The number of rotatable bonds is 4. The largest absolute Gasteiger partial charge is 0.486 e. The van der Waals surface area contributed by atoms with Gasteiger partial charge in [0.25, 0.3) is 5.91 Å². The third-order valence-electron chi connectivity index (χ3n) is 6.98. The van der Waals surface area contributed by atoms with Crippen LogP contribution in [-0.2, 0) is 19.6 Å². The minimum atomic E-state index is -3.73. The lowest BCUT2D eigenvalue weighted by Gasteiger charge is -2.36. The van der Waals surface area contributed by atoms with E-state index >= 15 is 0 Å². The van der Waals surface area contributed by atoms with E-state index in [1.54, 1.807) is 12.1 Å². The van der Waals surface area contributed by atoms with Crippen molar-refractivity contribution in [3.63, 3.8) is 0 Å². The summed E-state index contributed by atoms with van der Waals surface area (Å²) < 4.78 is 38.9. The van der Waals surface area contributed by atoms with Crippen molar-refractivity contribution in [2.75, 3.05) is 44.3 Å². The summed E-state index contributed by atoms with van der Waals surface area (Å²) >= 11 is 0. The van der Waals surface area contributed by atoms with Crippen LogP contribution >= 0.6 is 0 Å². The van der Waals surface area contributed by atoms with Gasteiger partial charge in [-0.05, 0) is 35.0 Å². The number of fused-ring (bicyclic) bond motifs is 2. The number of sulfonamides is 1. The van der Waals surface area contributed by atoms with Crippen LogP contribution in [0.15, 0.2) is 65.6 Å². The average Bonchev–Trinajstić information content (AvgIpc) is 3.21. The Hall–Kier alpha value is -3.47. The van der Waals surface area contributed by atoms with E-state index in [0.717, 1.165) is 10.8 Å². The second-order valence-corrected chi connectivity index (χ2v) is 11.0. The van der Waals surface area contributed by atoms with Crippen molar-refractivity contribution in [2.24, 2.45) is 0 Å². The molecular formula is C26H25N3O6S. The lowest BCUT2D eigenvalue weighted by atomic mass is 10.1. The van der Waals surface area contributed by atoms with E-state index in [1.807, 2.05) is 41.3 Å². The number of ether oxygens (including phenoxy) is 2. The van der Waals surface area contributed by atoms with Crippen LogP contribution < -0.4 is 14.4 Å². The number of imide groups is 1. The highest BCUT2D eigenvalue weighted by atomic mass is 32.2. The summed E-state index contributed by atoms with van der Waals surface area (Å²) in [5, 5.41) is 1.99. The molecule has 0 unspecified atom stereocenters. The predicted octanol–water partition coefficient (Wildman–Crippen LogP) is 2.25. The van der Waals surface area contributed by atoms with Crippen molar-refractivity contribution in [1.82, 2.24) is 9.21 Å². The van der Waals surface area contributed by atoms with Gasteiger partial charge in [-0.1, -0.05) is 30.3 Å². The molecule has 2 fully saturated rings. The molecule has 6 rings (SSSR count). The number of anilines is 1. The van der Waals surface area contributed by atoms with Gasteiger partial charge in [-0.25, -0.2) is 13.3 Å². The zero-order chi connectivity index (χ0) is 24.9. The molecule has 3 heterocycles. The van der Waals surface area contributed by atoms with Crippen LogP contribution in [0.2, 0.25) is 0 Å². The highest BCUT2D eigenvalue weighted by molar-refractivity contribution is 7.89. The maximum Gasteiger partial charge on any atom is 0.251 e. The first-order chi connectivity index (χ1) is 17.4. The second-order valence-electron chi connectivity index (χ2n) is 9.06. The van der Waals surface area contributed by atoms with Gasteiger partial charge in [-0.15, -0.1) is 0 Å². The third-order valence-corrected chi connectivity index (χ3v) is 8.87. The number of carbonyl (C=O) groups is 2. The Morgan fingerprint density at radius 2 is 1.50 bits per heavy atom. The molecule has 3 aliphatic rings. The van der Waals surface area contributed by atoms with E-state index < -0.39 is 16.1 Å². The van der Waals surface area contributed by atoms with Crippen LogP contribution in [-0.4, -0.2) is 74.9 Å². The van der Waals surface area contributed by atoms with Gasteiger partial charge < -0.3 is 9.47 Å². The molecule has 0 bridgehead atoms. The van der Waals surface area contributed by atoms with Crippen LogP contribution in [0.5, 0.6) is 11.5 Å². The van der Waals surface area contributed by atoms with Crippen molar-refractivity contribution in [3.8, 4) is 11.5 Å². The molecule has 186 valence electrons. The van der Waals surface area contributed by atoms with E-state index in [9.17, 15) is 18.0 Å².